The molecule has 0 amide bonds. The Balaban J connectivity index is 2.62. The Morgan fingerprint density at radius 3 is 2.73 bits per heavy atom. The summed E-state index contributed by atoms with van der Waals surface area (Å²) in [5.41, 5.74) is 6.26. The van der Waals surface area contributed by atoms with Crippen molar-refractivity contribution >= 4 is 17.3 Å². The Bertz CT molecular complexity index is 225. The van der Waals surface area contributed by atoms with E-state index in [0.717, 1.165) is 17.3 Å². The van der Waals surface area contributed by atoms with Crippen molar-refractivity contribution in [3.63, 3.8) is 0 Å². The van der Waals surface area contributed by atoms with Gasteiger partial charge in [0.15, 0.2) is 0 Å². The van der Waals surface area contributed by atoms with Gasteiger partial charge in [0, 0.05) is 13.1 Å². The lowest BCUT2D eigenvalue weighted by Gasteiger charge is -2.05. The molecule has 3 N–H and O–H groups in total. The molecule has 0 heterocycles. The van der Waals surface area contributed by atoms with Gasteiger partial charge in [0.25, 0.3) is 0 Å². The van der Waals surface area contributed by atoms with Gasteiger partial charge in [-0.2, -0.15) is 0 Å². The smallest absolute Gasteiger partial charge is 0.0637 e. The number of rotatable bonds is 3. The van der Waals surface area contributed by atoms with Gasteiger partial charge in [0.05, 0.1) is 10.7 Å². The van der Waals surface area contributed by atoms with E-state index >= 15 is 0 Å². The molecule has 0 fully saturated rings. The summed E-state index contributed by atoms with van der Waals surface area (Å²) in [4.78, 5) is 0. The summed E-state index contributed by atoms with van der Waals surface area (Å²) < 4.78 is 0. The fraction of sp³-hybridized carbons (Fsp3) is 0.250. The Morgan fingerprint density at radius 1 is 1.36 bits per heavy atom. The summed E-state index contributed by atoms with van der Waals surface area (Å²) in [6.07, 6.45) is 0. The van der Waals surface area contributed by atoms with Crippen molar-refractivity contribution in [1.82, 2.24) is 0 Å². The molecule has 11 heavy (non-hydrogen) atoms. The Hall–Kier alpha value is -0.730. The maximum Gasteiger partial charge on any atom is 0.0637 e. The first-order valence-corrected chi connectivity index (χ1v) is 3.91. The third-order valence-corrected chi connectivity index (χ3v) is 1.66. The summed E-state index contributed by atoms with van der Waals surface area (Å²) in [7, 11) is 0. The largest absolute Gasteiger partial charge is 0.383 e. The van der Waals surface area contributed by atoms with Crippen LogP contribution < -0.4 is 11.1 Å². The monoisotopic (exact) mass is 170 g/mol. The number of nitrogens with one attached hydrogen (secondary N) is 1. The molecule has 0 atom stereocenters. The summed E-state index contributed by atoms with van der Waals surface area (Å²) in [6, 6.07) is 7.61. The van der Waals surface area contributed by atoms with Gasteiger partial charge in [-0.1, -0.05) is 23.7 Å². The van der Waals surface area contributed by atoms with Crippen molar-refractivity contribution in [3.8, 4) is 0 Å². The van der Waals surface area contributed by atoms with Gasteiger partial charge >= 0.3 is 0 Å². The van der Waals surface area contributed by atoms with Crippen molar-refractivity contribution in [2.45, 2.75) is 0 Å². The molecule has 0 aromatic heterocycles. The fourth-order valence-corrected chi connectivity index (χ4v) is 1.01. The third kappa shape index (κ3) is 2.41. The second-order valence-corrected chi connectivity index (χ2v) is 2.60. The molecule has 1 rings (SSSR count). The lowest BCUT2D eigenvalue weighted by molar-refractivity contribution is 1.02. The first kappa shape index (κ1) is 8.37. The Morgan fingerprint density at radius 2 is 2.09 bits per heavy atom. The number of halogens is 1. The SMILES string of the molecule is NCCNc1ccccc1Cl. The molecule has 60 valence electrons. The predicted molar refractivity (Wildman–Crippen MR) is 49.0 cm³/mol. The summed E-state index contributed by atoms with van der Waals surface area (Å²) in [5, 5.41) is 3.84. The molecule has 0 saturated heterocycles. The summed E-state index contributed by atoms with van der Waals surface area (Å²) in [5.74, 6) is 0. The van der Waals surface area contributed by atoms with E-state index in [1.54, 1.807) is 0 Å². The summed E-state index contributed by atoms with van der Waals surface area (Å²) in [6.45, 7) is 1.37. The third-order valence-electron chi connectivity index (χ3n) is 1.33. The minimum Gasteiger partial charge on any atom is -0.383 e. The van der Waals surface area contributed by atoms with Crippen molar-refractivity contribution < 1.29 is 0 Å². The topological polar surface area (TPSA) is 38.0 Å². The van der Waals surface area contributed by atoms with Gasteiger partial charge in [-0.3, -0.25) is 0 Å². The molecule has 0 radical (unpaired) electrons. The van der Waals surface area contributed by atoms with E-state index < -0.39 is 0 Å². The highest BCUT2D eigenvalue weighted by Gasteiger charge is 1.94. The Kier molecular flexibility index (Phi) is 3.20. The highest BCUT2D eigenvalue weighted by molar-refractivity contribution is 6.33. The van der Waals surface area contributed by atoms with Crippen molar-refractivity contribution in [2.75, 3.05) is 18.4 Å². The zero-order chi connectivity index (χ0) is 8.10. The average Bonchev–Trinajstić information content (AvgIpc) is 2.03. The number of nitrogens with two attached hydrogens (primary N) is 1. The zero-order valence-electron chi connectivity index (χ0n) is 6.18. The highest BCUT2D eigenvalue weighted by Crippen LogP contribution is 2.19. The van der Waals surface area contributed by atoms with Crippen LogP contribution >= 0.6 is 11.6 Å². The number of hydrogen-bond donors (Lipinski definition) is 2. The lowest BCUT2D eigenvalue weighted by atomic mass is 10.3. The van der Waals surface area contributed by atoms with E-state index in [1.807, 2.05) is 24.3 Å². The molecule has 1 aromatic rings. The van der Waals surface area contributed by atoms with E-state index in [-0.39, 0.29) is 0 Å². The molecule has 0 aliphatic carbocycles. The van der Waals surface area contributed by atoms with Gasteiger partial charge in [0.1, 0.15) is 0 Å². The van der Waals surface area contributed by atoms with Gasteiger partial charge < -0.3 is 11.1 Å². The van der Waals surface area contributed by atoms with Crippen LogP contribution in [0.25, 0.3) is 0 Å². The van der Waals surface area contributed by atoms with Crippen LogP contribution in [0.15, 0.2) is 24.3 Å². The van der Waals surface area contributed by atoms with Crippen LogP contribution in [0.5, 0.6) is 0 Å². The quantitative estimate of drug-likeness (QED) is 0.725. The van der Waals surface area contributed by atoms with Crippen LogP contribution in [0, 0.1) is 0 Å². The van der Waals surface area contributed by atoms with Crippen LogP contribution in [0.4, 0.5) is 5.69 Å². The highest BCUT2D eigenvalue weighted by atomic mass is 35.5. The molecule has 2 nitrogen and oxygen atoms in total. The molecule has 0 saturated carbocycles. The molecule has 0 aliphatic rings. The van der Waals surface area contributed by atoms with Crippen molar-refractivity contribution in [3.05, 3.63) is 29.3 Å². The zero-order valence-corrected chi connectivity index (χ0v) is 6.93. The lowest BCUT2D eigenvalue weighted by Crippen LogP contribution is -2.13. The number of para-hydroxylation sites is 1. The van der Waals surface area contributed by atoms with Gasteiger partial charge in [-0.25, -0.2) is 0 Å². The molecule has 3 heteroatoms. The average molecular weight is 171 g/mol. The molecule has 0 unspecified atom stereocenters. The van der Waals surface area contributed by atoms with Crippen LogP contribution in [0.1, 0.15) is 0 Å². The maximum absolute atomic E-state index is 5.86. The Labute approximate surface area is 71.4 Å². The molecule has 0 spiro atoms. The second-order valence-electron chi connectivity index (χ2n) is 2.20. The van der Waals surface area contributed by atoms with E-state index in [0.29, 0.717) is 6.54 Å². The van der Waals surface area contributed by atoms with Crippen molar-refractivity contribution in [1.29, 1.82) is 0 Å². The molecule has 1 aromatic carbocycles. The minimum atomic E-state index is 0.616. The molecular formula is C8H11ClN2. The maximum atomic E-state index is 5.86. The van der Waals surface area contributed by atoms with E-state index in [4.69, 9.17) is 17.3 Å². The van der Waals surface area contributed by atoms with Crippen LogP contribution in [-0.4, -0.2) is 13.1 Å². The van der Waals surface area contributed by atoms with Crippen LogP contribution in [0.3, 0.4) is 0 Å². The molecular weight excluding hydrogens is 160 g/mol. The normalized spacial score (nSPS) is 9.64. The van der Waals surface area contributed by atoms with Gasteiger partial charge in [-0.15, -0.1) is 0 Å². The van der Waals surface area contributed by atoms with E-state index in [9.17, 15) is 0 Å². The summed E-state index contributed by atoms with van der Waals surface area (Å²) >= 11 is 5.86. The van der Waals surface area contributed by atoms with Gasteiger partial charge in [-0.05, 0) is 12.1 Å². The first-order valence-electron chi connectivity index (χ1n) is 3.53. The van der Waals surface area contributed by atoms with Crippen LogP contribution in [0.2, 0.25) is 5.02 Å². The molecule has 0 bridgehead atoms. The number of anilines is 1. The number of benzene rings is 1. The van der Waals surface area contributed by atoms with E-state index in [2.05, 4.69) is 5.32 Å². The standard InChI is InChI=1S/C8H11ClN2/c9-7-3-1-2-4-8(7)11-6-5-10/h1-4,11H,5-6,10H2. The van der Waals surface area contributed by atoms with Crippen LogP contribution in [-0.2, 0) is 0 Å². The van der Waals surface area contributed by atoms with Crippen molar-refractivity contribution in [2.24, 2.45) is 5.73 Å². The molecule has 0 aliphatic heterocycles. The predicted octanol–water partition coefficient (Wildman–Crippen LogP) is 1.71. The fourth-order valence-electron chi connectivity index (χ4n) is 0.811. The second kappa shape index (κ2) is 4.21. The number of hydrogen-bond acceptors (Lipinski definition) is 2. The first-order chi connectivity index (χ1) is 5.34. The minimum absolute atomic E-state index is 0.616. The van der Waals surface area contributed by atoms with Gasteiger partial charge in [0.2, 0.25) is 0 Å². The van der Waals surface area contributed by atoms with E-state index in [1.165, 1.54) is 0 Å².